The van der Waals surface area contributed by atoms with Gasteiger partial charge in [0.1, 0.15) is 0 Å². The van der Waals surface area contributed by atoms with E-state index < -0.39 is 0 Å². The molecule has 0 radical (unpaired) electrons. The first-order valence-electron chi connectivity index (χ1n) is 6.59. The zero-order valence-corrected chi connectivity index (χ0v) is 10.3. The van der Waals surface area contributed by atoms with Crippen molar-refractivity contribution in [2.75, 3.05) is 13.6 Å². The minimum Gasteiger partial charge on any atom is -0.320 e. The van der Waals surface area contributed by atoms with Gasteiger partial charge in [0.15, 0.2) is 0 Å². The average Bonchev–Trinajstić information content (AvgIpc) is 2.79. The quantitative estimate of drug-likeness (QED) is 0.774. The summed E-state index contributed by atoms with van der Waals surface area (Å²) in [6, 6.07) is 2.86. The zero-order chi connectivity index (χ0) is 11.2. The van der Waals surface area contributed by atoms with Crippen LogP contribution in [0.1, 0.15) is 50.3 Å². The second-order valence-corrected chi connectivity index (χ2v) is 4.79. The third-order valence-corrected chi connectivity index (χ3v) is 3.47. The van der Waals surface area contributed by atoms with E-state index in [-0.39, 0.29) is 0 Å². The van der Waals surface area contributed by atoms with Crippen LogP contribution < -0.4 is 5.32 Å². The highest BCUT2D eigenvalue weighted by Crippen LogP contribution is 2.27. The fourth-order valence-electron chi connectivity index (χ4n) is 2.51. The fourth-order valence-corrected chi connectivity index (χ4v) is 2.51. The number of aromatic nitrogens is 2. The molecule has 1 aliphatic carbocycles. The van der Waals surface area contributed by atoms with Gasteiger partial charge in [-0.25, -0.2) is 0 Å². The predicted octanol–water partition coefficient (Wildman–Crippen LogP) is 2.54. The number of nitrogens with zero attached hydrogens (tertiary/aromatic N) is 2. The molecular weight excluding hydrogens is 198 g/mol. The van der Waals surface area contributed by atoms with Crippen LogP contribution in [0.2, 0.25) is 0 Å². The number of hydrogen-bond donors (Lipinski definition) is 1. The molecule has 0 amide bonds. The van der Waals surface area contributed by atoms with Crippen LogP contribution in [0.5, 0.6) is 0 Å². The van der Waals surface area contributed by atoms with Crippen LogP contribution in [0.4, 0.5) is 0 Å². The topological polar surface area (TPSA) is 29.9 Å². The molecule has 0 saturated heterocycles. The maximum Gasteiger partial charge on any atom is 0.0625 e. The van der Waals surface area contributed by atoms with Crippen molar-refractivity contribution in [1.29, 1.82) is 0 Å². The van der Waals surface area contributed by atoms with Gasteiger partial charge < -0.3 is 5.32 Å². The first-order valence-corrected chi connectivity index (χ1v) is 6.59. The smallest absolute Gasteiger partial charge is 0.0625 e. The minimum absolute atomic E-state index is 0.673. The van der Waals surface area contributed by atoms with Gasteiger partial charge in [0, 0.05) is 6.20 Å². The Bertz CT molecular complexity index is 300. The lowest BCUT2D eigenvalue weighted by atomic mass is 9.96. The SMILES string of the molecule is CNCCCc1ccn(C2CCCCC2)n1. The summed E-state index contributed by atoms with van der Waals surface area (Å²) in [5.74, 6) is 0. The zero-order valence-electron chi connectivity index (χ0n) is 10.3. The van der Waals surface area contributed by atoms with E-state index in [0.717, 1.165) is 13.0 Å². The van der Waals surface area contributed by atoms with Crippen LogP contribution in [-0.2, 0) is 6.42 Å². The average molecular weight is 221 g/mol. The van der Waals surface area contributed by atoms with E-state index in [0.29, 0.717) is 6.04 Å². The van der Waals surface area contributed by atoms with E-state index in [1.807, 2.05) is 7.05 Å². The van der Waals surface area contributed by atoms with Crippen molar-refractivity contribution in [2.24, 2.45) is 0 Å². The van der Waals surface area contributed by atoms with E-state index in [9.17, 15) is 0 Å². The van der Waals surface area contributed by atoms with Crippen LogP contribution in [0.3, 0.4) is 0 Å². The van der Waals surface area contributed by atoms with E-state index in [4.69, 9.17) is 5.10 Å². The summed E-state index contributed by atoms with van der Waals surface area (Å²) in [5, 5.41) is 7.87. The molecule has 0 unspecified atom stereocenters. The first kappa shape index (κ1) is 11.6. The molecule has 2 rings (SSSR count). The van der Waals surface area contributed by atoms with Crippen molar-refractivity contribution in [3.8, 4) is 0 Å². The van der Waals surface area contributed by atoms with Gasteiger partial charge in [-0.1, -0.05) is 19.3 Å². The maximum atomic E-state index is 4.69. The third-order valence-electron chi connectivity index (χ3n) is 3.47. The molecule has 3 nitrogen and oxygen atoms in total. The van der Waals surface area contributed by atoms with Gasteiger partial charge in [-0.2, -0.15) is 5.10 Å². The standard InChI is InChI=1S/C13H23N3/c1-14-10-5-6-12-9-11-16(15-12)13-7-3-2-4-8-13/h9,11,13-14H,2-8,10H2,1H3. The normalized spacial score (nSPS) is 17.8. The monoisotopic (exact) mass is 221 g/mol. The van der Waals surface area contributed by atoms with Gasteiger partial charge in [-0.3, -0.25) is 4.68 Å². The molecule has 1 fully saturated rings. The molecule has 0 spiro atoms. The summed E-state index contributed by atoms with van der Waals surface area (Å²) < 4.78 is 2.20. The van der Waals surface area contributed by atoms with Crippen molar-refractivity contribution in [3.05, 3.63) is 18.0 Å². The molecule has 0 aromatic carbocycles. The maximum absolute atomic E-state index is 4.69. The Morgan fingerprint density at radius 2 is 2.19 bits per heavy atom. The highest BCUT2D eigenvalue weighted by atomic mass is 15.3. The Morgan fingerprint density at radius 3 is 2.94 bits per heavy atom. The van der Waals surface area contributed by atoms with Gasteiger partial charge in [-0.05, 0) is 45.3 Å². The molecule has 1 N–H and O–H groups in total. The molecule has 90 valence electrons. The van der Waals surface area contributed by atoms with Crippen molar-refractivity contribution in [1.82, 2.24) is 15.1 Å². The Kier molecular flexibility index (Phi) is 4.40. The summed E-state index contributed by atoms with van der Waals surface area (Å²) >= 11 is 0. The Morgan fingerprint density at radius 1 is 1.38 bits per heavy atom. The molecule has 1 heterocycles. The predicted molar refractivity (Wildman–Crippen MR) is 66.6 cm³/mol. The summed E-state index contributed by atoms with van der Waals surface area (Å²) in [7, 11) is 2.00. The second-order valence-electron chi connectivity index (χ2n) is 4.79. The molecule has 3 heteroatoms. The Balaban J connectivity index is 1.85. The van der Waals surface area contributed by atoms with Crippen LogP contribution in [0.25, 0.3) is 0 Å². The van der Waals surface area contributed by atoms with Crippen molar-refractivity contribution < 1.29 is 0 Å². The summed E-state index contributed by atoms with van der Waals surface area (Å²) in [5.41, 5.74) is 1.25. The number of nitrogens with one attached hydrogen (secondary N) is 1. The highest BCUT2D eigenvalue weighted by Gasteiger charge is 2.15. The van der Waals surface area contributed by atoms with Crippen LogP contribution in [-0.4, -0.2) is 23.4 Å². The lowest BCUT2D eigenvalue weighted by molar-refractivity contribution is 0.328. The fraction of sp³-hybridized carbons (Fsp3) is 0.769. The molecule has 1 aromatic heterocycles. The third kappa shape index (κ3) is 3.08. The molecule has 0 aliphatic heterocycles. The molecular formula is C13H23N3. The van der Waals surface area contributed by atoms with Crippen molar-refractivity contribution in [3.63, 3.8) is 0 Å². The second kappa shape index (κ2) is 6.04. The number of rotatable bonds is 5. The summed E-state index contributed by atoms with van der Waals surface area (Å²) in [6.45, 7) is 1.08. The highest BCUT2D eigenvalue weighted by molar-refractivity contribution is 5.00. The van der Waals surface area contributed by atoms with Gasteiger partial charge in [-0.15, -0.1) is 0 Å². The molecule has 0 bridgehead atoms. The lowest BCUT2D eigenvalue weighted by Crippen LogP contribution is -2.13. The van der Waals surface area contributed by atoms with Crippen molar-refractivity contribution in [2.45, 2.75) is 51.0 Å². The van der Waals surface area contributed by atoms with Gasteiger partial charge in [0.2, 0.25) is 0 Å². The first-order chi connectivity index (χ1) is 7.90. The van der Waals surface area contributed by atoms with Crippen LogP contribution in [0, 0.1) is 0 Å². The van der Waals surface area contributed by atoms with E-state index in [2.05, 4.69) is 22.3 Å². The Labute approximate surface area is 98.2 Å². The van der Waals surface area contributed by atoms with Gasteiger partial charge >= 0.3 is 0 Å². The van der Waals surface area contributed by atoms with Gasteiger partial charge in [0.05, 0.1) is 11.7 Å². The van der Waals surface area contributed by atoms with E-state index >= 15 is 0 Å². The van der Waals surface area contributed by atoms with E-state index in [1.165, 1.54) is 44.2 Å². The molecule has 1 saturated carbocycles. The van der Waals surface area contributed by atoms with Gasteiger partial charge in [0.25, 0.3) is 0 Å². The molecule has 0 atom stereocenters. The summed E-state index contributed by atoms with van der Waals surface area (Å²) in [4.78, 5) is 0. The summed E-state index contributed by atoms with van der Waals surface area (Å²) in [6.07, 6.45) is 11.2. The largest absolute Gasteiger partial charge is 0.320 e. The minimum atomic E-state index is 0.673. The Hall–Kier alpha value is -0.830. The molecule has 1 aromatic rings. The van der Waals surface area contributed by atoms with Crippen LogP contribution >= 0.6 is 0 Å². The van der Waals surface area contributed by atoms with E-state index in [1.54, 1.807) is 0 Å². The number of hydrogen-bond acceptors (Lipinski definition) is 2. The molecule has 1 aliphatic rings. The molecule has 16 heavy (non-hydrogen) atoms. The number of aryl methyl sites for hydroxylation is 1. The van der Waals surface area contributed by atoms with Crippen LogP contribution in [0.15, 0.2) is 12.3 Å². The lowest BCUT2D eigenvalue weighted by Gasteiger charge is -2.21. The van der Waals surface area contributed by atoms with Crippen molar-refractivity contribution >= 4 is 0 Å².